The summed E-state index contributed by atoms with van der Waals surface area (Å²) < 4.78 is 27.0. The standard InChI is InChI=1S/C31H37FN2O4.C3H6/c1-5-34(6-2)19-24-16-23(10-12-25(24)26-17-30(37-7-3)33-18-27(26)32)28-13-11-22-9-8-21(15-29(22)38-28)14-20(4)31(35)36;1-2-3-1/h8-10,12,15-18,20,28H,5-7,11,13-14,19H2,1-4H3,(H,35,36);1-3H2. The van der Waals surface area contributed by atoms with Crippen LogP contribution in [0.1, 0.15) is 81.7 Å². The van der Waals surface area contributed by atoms with Crippen LogP contribution >= 0.6 is 0 Å². The Kier molecular flexibility index (Phi) is 10.7. The van der Waals surface area contributed by atoms with E-state index in [9.17, 15) is 14.3 Å². The number of aromatic nitrogens is 1. The zero-order chi connectivity index (χ0) is 29.4. The summed E-state index contributed by atoms with van der Waals surface area (Å²) in [6.45, 7) is 10.7. The lowest BCUT2D eigenvalue weighted by Gasteiger charge is -2.28. The molecule has 1 aromatic heterocycles. The zero-order valence-electron chi connectivity index (χ0n) is 24.8. The van der Waals surface area contributed by atoms with Crippen LogP contribution in [0.25, 0.3) is 11.1 Å². The molecule has 2 aliphatic rings. The number of halogens is 1. The molecule has 1 aliphatic carbocycles. The van der Waals surface area contributed by atoms with Crippen LogP contribution in [0, 0.1) is 11.7 Å². The van der Waals surface area contributed by atoms with Gasteiger partial charge in [0.05, 0.1) is 18.7 Å². The first-order chi connectivity index (χ1) is 19.8. The highest BCUT2D eigenvalue weighted by molar-refractivity contribution is 5.70. The minimum atomic E-state index is -0.804. The number of hydrogen-bond donors (Lipinski definition) is 1. The molecule has 0 bridgehead atoms. The fourth-order valence-electron chi connectivity index (χ4n) is 4.96. The number of ether oxygens (including phenoxy) is 2. The summed E-state index contributed by atoms with van der Waals surface area (Å²) in [7, 11) is 0. The quantitative estimate of drug-likeness (QED) is 0.259. The van der Waals surface area contributed by atoms with Gasteiger partial charge in [0.2, 0.25) is 5.88 Å². The van der Waals surface area contributed by atoms with Gasteiger partial charge in [0, 0.05) is 18.2 Å². The lowest BCUT2D eigenvalue weighted by molar-refractivity contribution is -0.141. The van der Waals surface area contributed by atoms with Gasteiger partial charge >= 0.3 is 5.97 Å². The third-order valence-electron chi connectivity index (χ3n) is 7.60. The number of benzene rings is 2. The van der Waals surface area contributed by atoms with Crippen LogP contribution in [0.5, 0.6) is 11.6 Å². The van der Waals surface area contributed by atoms with Crippen molar-refractivity contribution in [3.63, 3.8) is 0 Å². The Morgan fingerprint density at radius 2 is 1.85 bits per heavy atom. The summed E-state index contributed by atoms with van der Waals surface area (Å²) in [5.74, 6) is -0.428. The van der Waals surface area contributed by atoms with Crippen molar-refractivity contribution < 1.29 is 23.8 Å². The van der Waals surface area contributed by atoms with E-state index < -0.39 is 11.9 Å². The second kappa shape index (κ2) is 14.4. The molecule has 2 atom stereocenters. The first-order valence-corrected chi connectivity index (χ1v) is 15.0. The van der Waals surface area contributed by atoms with Crippen molar-refractivity contribution in [2.24, 2.45) is 5.92 Å². The van der Waals surface area contributed by atoms with Crippen LogP contribution < -0.4 is 9.47 Å². The fraction of sp³-hybridized carbons (Fsp3) is 0.471. The van der Waals surface area contributed by atoms with Crippen LogP contribution in [0.2, 0.25) is 0 Å². The number of carboxylic acids is 1. The molecule has 6 nitrogen and oxygen atoms in total. The monoisotopic (exact) mass is 562 g/mol. The maximum absolute atomic E-state index is 15.0. The zero-order valence-corrected chi connectivity index (χ0v) is 24.8. The number of nitrogens with zero attached hydrogens (tertiary/aromatic N) is 2. The molecule has 7 heteroatoms. The molecule has 1 fully saturated rings. The SMILES string of the molecule is C1CC1.CCOc1cc(-c2ccc(C3CCc4ccc(CC(C)C(=O)O)cc4O3)cc2CN(CC)CC)c(F)cn1. The summed E-state index contributed by atoms with van der Waals surface area (Å²) in [5.41, 5.74) is 5.46. The normalized spacial score (nSPS) is 16.2. The van der Waals surface area contributed by atoms with E-state index in [-0.39, 0.29) is 11.9 Å². The van der Waals surface area contributed by atoms with E-state index >= 15 is 0 Å². The molecule has 0 spiro atoms. The number of pyridine rings is 1. The number of hydrogen-bond acceptors (Lipinski definition) is 5. The van der Waals surface area contributed by atoms with Gasteiger partial charge < -0.3 is 14.6 Å². The predicted molar refractivity (Wildman–Crippen MR) is 160 cm³/mol. The summed E-state index contributed by atoms with van der Waals surface area (Å²) in [4.78, 5) is 17.7. The second-order valence-electron chi connectivity index (χ2n) is 10.9. The minimum Gasteiger partial charge on any atom is -0.485 e. The lowest BCUT2D eigenvalue weighted by atomic mass is 9.91. The van der Waals surface area contributed by atoms with Crippen molar-refractivity contribution in [3.05, 3.63) is 76.7 Å². The Morgan fingerprint density at radius 1 is 1.10 bits per heavy atom. The van der Waals surface area contributed by atoms with Gasteiger partial charge in [0.25, 0.3) is 0 Å². The van der Waals surface area contributed by atoms with Crippen molar-refractivity contribution in [1.82, 2.24) is 9.88 Å². The maximum atomic E-state index is 15.0. The molecule has 2 unspecified atom stereocenters. The third kappa shape index (κ3) is 8.29. The maximum Gasteiger partial charge on any atom is 0.306 e. The molecular formula is C34H43FN2O4. The molecule has 0 saturated heterocycles. The Labute approximate surface area is 243 Å². The largest absolute Gasteiger partial charge is 0.485 e. The van der Waals surface area contributed by atoms with Crippen molar-refractivity contribution in [2.45, 2.75) is 78.9 Å². The van der Waals surface area contributed by atoms with E-state index in [1.54, 1.807) is 13.0 Å². The van der Waals surface area contributed by atoms with Crippen LogP contribution in [0.15, 0.2) is 48.7 Å². The van der Waals surface area contributed by atoms with Gasteiger partial charge in [-0.2, -0.15) is 0 Å². The van der Waals surface area contributed by atoms with E-state index in [1.807, 2.05) is 37.3 Å². The predicted octanol–water partition coefficient (Wildman–Crippen LogP) is 7.63. The molecule has 5 rings (SSSR count). The van der Waals surface area contributed by atoms with E-state index in [4.69, 9.17) is 9.47 Å². The molecule has 1 N–H and O–H groups in total. The smallest absolute Gasteiger partial charge is 0.306 e. The topological polar surface area (TPSA) is 71.9 Å². The molecule has 1 saturated carbocycles. The molecule has 220 valence electrons. The highest BCUT2D eigenvalue weighted by atomic mass is 19.1. The molecule has 1 aliphatic heterocycles. The average Bonchev–Trinajstić information content (AvgIpc) is 3.86. The molecule has 2 aromatic carbocycles. The number of carboxylic acid groups (broad SMARTS) is 1. The molecule has 0 amide bonds. The summed E-state index contributed by atoms with van der Waals surface area (Å²) in [5, 5.41) is 9.29. The van der Waals surface area contributed by atoms with E-state index in [0.29, 0.717) is 31.0 Å². The van der Waals surface area contributed by atoms with Gasteiger partial charge in [-0.25, -0.2) is 9.37 Å². The molecule has 3 aromatic rings. The van der Waals surface area contributed by atoms with Gasteiger partial charge in [-0.1, -0.05) is 70.4 Å². The van der Waals surface area contributed by atoms with Gasteiger partial charge in [-0.15, -0.1) is 0 Å². The Bertz CT molecular complexity index is 1320. The first-order valence-electron chi connectivity index (χ1n) is 15.0. The Morgan fingerprint density at radius 3 is 2.51 bits per heavy atom. The number of carbonyl (C=O) groups is 1. The van der Waals surface area contributed by atoms with Crippen molar-refractivity contribution in [2.75, 3.05) is 19.7 Å². The summed E-state index contributed by atoms with van der Waals surface area (Å²) in [6.07, 6.45) is 7.75. The molecular weight excluding hydrogens is 519 g/mol. The van der Waals surface area contributed by atoms with Gasteiger partial charge in [-0.05, 0) is 73.2 Å². The minimum absolute atomic E-state index is 0.138. The highest BCUT2D eigenvalue weighted by Crippen LogP contribution is 2.38. The van der Waals surface area contributed by atoms with Crippen LogP contribution in [0.4, 0.5) is 4.39 Å². The molecule has 0 radical (unpaired) electrons. The number of rotatable bonds is 11. The second-order valence-corrected chi connectivity index (χ2v) is 10.9. The van der Waals surface area contributed by atoms with E-state index in [0.717, 1.165) is 59.5 Å². The summed E-state index contributed by atoms with van der Waals surface area (Å²) >= 11 is 0. The van der Waals surface area contributed by atoms with E-state index in [2.05, 4.69) is 29.8 Å². The Hall–Kier alpha value is -3.45. The molecule has 2 heterocycles. The van der Waals surface area contributed by atoms with Gasteiger partial charge in [-0.3, -0.25) is 9.69 Å². The number of fused-ring (bicyclic) bond motifs is 1. The van der Waals surface area contributed by atoms with Crippen LogP contribution in [0.3, 0.4) is 0 Å². The average molecular weight is 563 g/mol. The number of aliphatic carboxylic acids is 1. The van der Waals surface area contributed by atoms with Crippen molar-refractivity contribution >= 4 is 5.97 Å². The van der Waals surface area contributed by atoms with Crippen molar-refractivity contribution in [3.8, 4) is 22.8 Å². The number of aryl methyl sites for hydroxylation is 1. The first kappa shape index (κ1) is 30.5. The van der Waals surface area contributed by atoms with Crippen LogP contribution in [-0.4, -0.2) is 40.7 Å². The van der Waals surface area contributed by atoms with Gasteiger partial charge in [0.15, 0.2) is 0 Å². The van der Waals surface area contributed by atoms with E-state index in [1.165, 1.54) is 25.5 Å². The highest BCUT2D eigenvalue weighted by Gasteiger charge is 2.24. The third-order valence-corrected chi connectivity index (χ3v) is 7.60. The lowest BCUT2D eigenvalue weighted by Crippen LogP contribution is -2.23. The fourth-order valence-corrected chi connectivity index (χ4v) is 4.96. The van der Waals surface area contributed by atoms with Crippen molar-refractivity contribution in [1.29, 1.82) is 0 Å². The Balaban J connectivity index is 0.00000121. The van der Waals surface area contributed by atoms with Gasteiger partial charge in [0.1, 0.15) is 17.7 Å². The summed E-state index contributed by atoms with van der Waals surface area (Å²) in [6, 6.07) is 13.8. The van der Waals surface area contributed by atoms with Crippen LogP contribution in [-0.2, 0) is 24.2 Å². The molecule has 41 heavy (non-hydrogen) atoms.